The number of hydrogen-bond acceptors (Lipinski definition) is 9. The van der Waals surface area contributed by atoms with Crippen molar-refractivity contribution >= 4 is 41.6 Å². The van der Waals surface area contributed by atoms with Crippen molar-refractivity contribution in [2.45, 2.75) is 25.2 Å². The third-order valence-electron chi connectivity index (χ3n) is 6.37. The van der Waals surface area contributed by atoms with Crippen molar-refractivity contribution in [2.24, 2.45) is 0 Å². The molecule has 4 rings (SSSR count). The Balaban J connectivity index is 0.00000361. The molecule has 2 heterocycles. The van der Waals surface area contributed by atoms with E-state index >= 15 is 0 Å². The molecule has 2 unspecified atom stereocenters. The molecule has 1 aromatic heterocycles. The second-order valence-corrected chi connectivity index (χ2v) is 8.12. The minimum absolute atomic E-state index is 0. The zero-order valence-electron chi connectivity index (χ0n) is 20.1. The average Bonchev–Trinajstić information content (AvgIpc) is 2.85. The minimum Gasteiger partial charge on any atom is -0.479 e. The van der Waals surface area contributed by atoms with Gasteiger partial charge in [0.15, 0.2) is 6.23 Å². The molecule has 1 aliphatic heterocycles. The summed E-state index contributed by atoms with van der Waals surface area (Å²) in [5, 5.41) is 10.2. The van der Waals surface area contributed by atoms with Crippen molar-refractivity contribution in [3.05, 3.63) is 65.4 Å². The highest BCUT2D eigenvalue weighted by Crippen LogP contribution is 2.44. The molecular weight excluding hydrogens is 486 g/mol. The van der Waals surface area contributed by atoms with Gasteiger partial charge in [0, 0.05) is 44.5 Å². The number of aliphatic carboxylic acids is 1. The Labute approximate surface area is 214 Å². The molecule has 2 atom stereocenters. The fourth-order valence-corrected chi connectivity index (χ4v) is 4.72. The van der Waals surface area contributed by atoms with Gasteiger partial charge < -0.3 is 30.9 Å². The maximum atomic E-state index is 14.1. The number of carbonyl (C=O) groups excluding carboxylic acids is 1. The first-order chi connectivity index (χ1) is 16.8. The van der Waals surface area contributed by atoms with E-state index in [2.05, 4.69) is 9.97 Å². The maximum absolute atomic E-state index is 14.1. The number of likely N-dealkylation sites (N-methyl/N-ethyl adjacent to an activating group) is 1. The van der Waals surface area contributed by atoms with Gasteiger partial charge in [-0.3, -0.25) is 4.79 Å². The predicted octanol–water partition coefficient (Wildman–Crippen LogP) is 2.79. The van der Waals surface area contributed by atoms with Crippen molar-refractivity contribution in [2.75, 3.05) is 37.1 Å². The minimum atomic E-state index is -2.27. The highest BCUT2D eigenvalue weighted by molar-refractivity contribution is 6.21. The molecule has 0 spiro atoms. The molecule has 0 radical (unpaired) electrons. The molecule has 10 nitrogen and oxygen atoms in total. The SMILES string of the molecule is CCN1c2ccc(-c3ccccc3)c(Cc3cnc(N)nc3N)c2C(=O)C(OC)(C(=O)O)C1OC.Cl. The number of rotatable bonds is 7. The van der Waals surface area contributed by atoms with Crippen LogP contribution in [0.2, 0.25) is 0 Å². The Hall–Kier alpha value is -3.73. The lowest BCUT2D eigenvalue weighted by atomic mass is 9.79. The molecule has 0 bridgehead atoms. The van der Waals surface area contributed by atoms with Gasteiger partial charge in [0.05, 0.1) is 5.69 Å². The summed E-state index contributed by atoms with van der Waals surface area (Å²) < 4.78 is 11.0. The smallest absolute Gasteiger partial charge is 0.349 e. The number of aromatic nitrogens is 2. The molecule has 0 fully saturated rings. The summed E-state index contributed by atoms with van der Waals surface area (Å²) in [6, 6.07) is 13.2. The Morgan fingerprint density at radius 2 is 1.86 bits per heavy atom. The van der Waals surface area contributed by atoms with Crippen LogP contribution in [0.3, 0.4) is 0 Å². The highest BCUT2D eigenvalue weighted by atomic mass is 35.5. The van der Waals surface area contributed by atoms with E-state index in [4.69, 9.17) is 20.9 Å². The average molecular weight is 514 g/mol. The summed E-state index contributed by atoms with van der Waals surface area (Å²) in [4.78, 5) is 36.5. The van der Waals surface area contributed by atoms with Crippen molar-refractivity contribution in [1.29, 1.82) is 0 Å². The van der Waals surface area contributed by atoms with Gasteiger partial charge in [-0.2, -0.15) is 4.98 Å². The predicted molar refractivity (Wildman–Crippen MR) is 138 cm³/mol. The number of methoxy groups -OCH3 is 2. The van der Waals surface area contributed by atoms with E-state index in [9.17, 15) is 14.7 Å². The Morgan fingerprint density at radius 1 is 1.17 bits per heavy atom. The zero-order valence-corrected chi connectivity index (χ0v) is 20.9. The number of hydrogen-bond donors (Lipinski definition) is 3. The number of carbonyl (C=O) groups is 2. The molecule has 2 aromatic carbocycles. The summed E-state index contributed by atoms with van der Waals surface area (Å²) in [5.41, 5.74) is 13.0. The molecule has 0 saturated carbocycles. The van der Waals surface area contributed by atoms with E-state index in [0.717, 1.165) is 11.1 Å². The third kappa shape index (κ3) is 4.13. The van der Waals surface area contributed by atoms with Gasteiger partial charge in [0.25, 0.3) is 5.60 Å². The first-order valence-electron chi connectivity index (χ1n) is 11.0. The fraction of sp³-hybridized carbons (Fsp3) is 0.280. The quantitative estimate of drug-likeness (QED) is 0.401. The van der Waals surface area contributed by atoms with Crippen molar-refractivity contribution < 1.29 is 24.2 Å². The van der Waals surface area contributed by atoms with Gasteiger partial charge in [0.1, 0.15) is 5.82 Å². The lowest BCUT2D eigenvalue weighted by Gasteiger charge is -2.46. The van der Waals surface area contributed by atoms with Gasteiger partial charge in [-0.15, -0.1) is 12.4 Å². The van der Waals surface area contributed by atoms with Crippen LogP contribution < -0.4 is 16.4 Å². The van der Waals surface area contributed by atoms with Gasteiger partial charge in [-0.25, -0.2) is 9.78 Å². The number of ether oxygens (including phenoxy) is 2. The molecule has 0 saturated heterocycles. The summed E-state index contributed by atoms with van der Waals surface area (Å²) in [6.07, 6.45) is 0.505. The van der Waals surface area contributed by atoms with E-state index < -0.39 is 23.6 Å². The van der Waals surface area contributed by atoms with Crippen LogP contribution >= 0.6 is 12.4 Å². The first kappa shape index (κ1) is 26.9. The molecule has 1 aliphatic rings. The number of Topliss-reactive ketones (excluding diaryl/α,β-unsaturated/α-hetero) is 1. The lowest BCUT2D eigenvalue weighted by molar-refractivity contribution is -0.170. The normalized spacial score (nSPS) is 18.9. The zero-order chi connectivity index (χ0) is 25.3. The number of anilines is 3. The lowest BCUT2D eigenvalue weighted by Crippen LogP contribution is -2.67. The number of benzene rings is 2. The highest BCUT2D eigenvalue weighted by Gasteiger charge is 2.60. The number of halogens is 1. The van der Waals surface area contributed by atoms with Gasteiger partial charge >= 0.3 is 5.97 Å². The topological polar surface area (TPSA) is 154 Å². The van der Waals surface area contributed by atoms with Crippen molar-refractivity contribution in [3.63, 3.8) is 0 Å². The molecular formula is C25H28ClN5O5. The molecule has 190 valence electrons. The third-order valence-corrected chi connectivity index (χ3v) is 6.37. The number of nitrogens with zero attached hydrogens (tertiary/aromatic N) is 3. The van der Waals surface area contributed by atoms with Gasteiger partial charge in [0.2, 0.25) is 11.7 Å². The molecule has 0 aliphatic carbocycles. The number of carboxylic acids is 1. The van der Waals surface area contributed by atoms with Crippen LogP contribution in [0, 0.1) is 0 Å². The van der Waals surface area contributed by atoms with Crippen LogP contribution in [0.1, 0.15) is 28.4 Å². The number of ketones is 1. The molecule has 36 heavy (non-hydrogen) atoms. The molecule has 5 N–H and O–H groups in total. The molecule has 11 heteroatoms. The van der Waals surface area contributed by atoms with Crippen LogP contribution in [-0.2, 0) is 20.7 Å². The Kier molecular flexibility index (Phi) is 7.83. The summed E-state index contributed by atoms with van der Waals surface area (Å²) in [7, 11) is 2.55. The molecule has 3 aromatic rings. The standard InChI is InChI=1S/C25H27N5O5.ClH/c1-4-30-18-11-10-16(14-8-6-5-7-9-14)17(12-15-13-28-24(27)29-21(15)26)19(18)20(31)25(35-3,23(32)33)22(30)34-2;/h5-11,13,22H,4,12H2,1-3H3,(H,32,33)(H4,26,27,28,29);1H. The van der Waals surface area contributed by atoms with Crippen LogP contribution in [-0.4, -0.2) is 59.4 Å². The van der Waals surface area contributed by atoms with Crippen molar-refractivity contribution in [3.8, 4) is 11.1 Å². The number of nitrogen functional groups attached to an aromatic ring is 2. The van der Waals surface area contributed by atoms with Crippen molar-refractivity contribution in [1.82, 2.24) is 9.97 Å². The second-order valence-electron chi connectivity index (χ2n) is 8.12. The van der Waals surface area contributed by atoms with Crippen LogP contribution in [0.25, 0.3) is 11.1 Å². The van der Waals surface area contributed by atoms with E-state index in [-0.39, 0.29) is 36.2 Å². The molecule has 0 amide bonds. The largest absolute Gasteiger partial charge is 0.479 e. The first-order valence-corrected chi connectivity index (χ1v) is 11.0. The summed E-state index contributed by atoms with van der Waals surface area (Å²) in [6.45, 7) is 2.22. The second kappa shape index (κ2) is 10.5. The van der Waals surface area contributed by atoms with E-state index in [0.29, 0.717) is 23.4 Å². The summed E-state index contributed by atoms with van der Waals surface area (Å²) >= 11 is 0. The maximum Gasteiger partial charge on any atom is 0.349 e. The fourth-order valence-electron chi connectivity index (χ4n) is 4.72. The van der Waals surface area contributed by atoms with Gasteiger partial charge in [-0.1, -0.05) is 36.4 Å². The number of fused-ring (bicyclic) bond motifs is 1. The van der Waals surface area contributed by atoms with E-state index in [1.807, 2.05) is 43.3 Å². The van der Waals surface area contributed by atoms with Crippen LogP contribution in [0.5, 0.6) is 0 Å². The van der Waals surface area contributed by atoms with Crippen LogP contribution in [0.15, 0.2) is 48.7 Å². The van der Waals surface area contributed by atoms with Crippen LogP contribution in [0.4, 0.5) is 17.5 Å². The number of nitrogens with two attached hydrogens (primary N) is 2. The Bertz CT molecular complexity index is 1290. The van der Waals surface area contributed by atoms with E-state index in [1.165, 1.54) is 20.4 Å². The summed E-state index contributed by atoms with van der Waals surface area (Å²) in [5.74, 6) is -1.94. The Morgan fingerprint density at radius 3 is 2.42 bits per heavy atom. The monoisotopic (exact) mass is 513 g/mol. The van der Waals surface area contributed by atoms with E-state index in [1.54, 1.807) is 11.0 Å². The van der Waals surface area contributed by atoms with Gasteiger partial charge in [-0.05, 0) is 29.7 Å². The number of carboxylic acid groups (broad SMARTS) is 1.